The Bertz CT molecular complexity index is 428. The maximum absolute atomic E-state index is 5.82. The Morgan fingerprint density at radius 2 is 1.82 bits per heavy atom. The van der Waals surface area contributed by atoms with Gasteiger partial charge in [0.05, 0.1) is 14.2 Å². The van der Waals surface area contributed by atoms with Crippen LogP contribution in [0.25, 0.3) is 6.08 Å². The van der Waals surface area contributed by atoms with E-state index in [9.17, 15) is 0 Å². The van der Waals surface area contributed by atoms with Crippen molar-refractivity contribution in [1.29, 1.82) is 0 Å². The molecule has 3 nitrogen and oxygen atoms in total. The molecule has 0 aliphatic rings. The third-order valence-electron chi connectivity index (χ3n) is 2.60. The van der Waals surface area contributed by atoms with Crippen LogP contribution in [-0.4, -0.2) is 20.3 Å². The molecule has 0 radical (unpaired) electrons. The van der Waals surface area contributed by atoms with Crippen LogP contribution in [0.2, 0.25) is 0 Å². The monoisotopic (exact) mass is 299 g/mol. The first kappa shape index (κ1) is 14.1. The summed E-state index contributed by atoms with van der Waals surface area (Å²) in [5.74, 6) is 1.41. The molecule has 0 saturated heterocycles. The predicted octanol–water partition coefficient (Wildman–Crippen LogP) is 3.22. The maximum Gasteiger partial charge on any atom is 0.161 e. The van der Waals surface area contributed by atoms with Crippen molar-refractivity contribution in [2.75, 3.05) is 14.2 Å². The normalized spacial score (nSPS) is 13.4. The van der Waals surface area contributed by atoms with E-state index in [1.165, 1.54) is 0 Å². The van der Waals surface area contributed by atoms with E-state index in [-0.39, 0.29) is 6.04 Å². The summed E-state index contributed by atoms with van der Waals surface area (Å²) in [4.78, 5) is 0. The fourth-order valence-electron chi connectivity index (χ4n) is 1.36. The van der Waals surface area contributed by atoms with Gasteiger partial charge in [0.1, 0.15) is 0 Å². The molecule has 0 fully saturated rings. The summed E-state index contributed by atoms with van der Waals surface area (Å²) in [6.07, 6.45) is 2.04. The molecule has 1 aromatic rings. The zero-order chi connectivity index (χ0) is 13.0. The van der Waals surface area contributed by atoms with Gasteiger partial charge in [-0.3, -0.25) is 0 Å². The molecule has 0 saturated carbocycles. The van der Waals surface area contributed by atoms with Gasteiger partial charge >= 0.3 is 0 Å². The number of nitrogens with two attached hydrogens (primary N) is 1. The average Bonchev–Trinajstić information content (AvgIpc) is 2.30. The number of hydrogen-bond acceptors (Lipinski definition) is 3. The van der Waals surface area contributed by atoms with Crippen LogP contribution in [-0.2, 0) is 0 Å². The summed E-state index contributed by atoms with van der Waals surface area (Å²) in [5, 5.41) is 0. The van der Waals surface area contributed by atoms with Crippen LogP contribution in [0.3, 0.4) is 0 Å². The first-order valence-electron chi connectivity index (χ1n) is 5.35. The van der Waals surface area contributed by atoms with Gasteiger partial charge in [0.25, 0.3) is 0 Å². The van der Waals surface area contributed by atoms with E-state index in [2.05, 4.69) is 15.9 Å². The van der Waals surface area contributed by atoms with Gasteiger partial charge in [-0.25, -0.2) is 0 Å². The molecule has 1 unspecified atom stereocenters. The van der Waals surface area contributed by atoms with Crippen molar-refractivity contribution in [3.63, 3.8) is 0 Å². The summed E-state index contributed by atoms with van der Waals surface area (Å²) >= 11 is 3.51. The Balaban J connectivity index is 3.22. The van der Waals surface area contributed by atoms with Crippen molar-refractivity contribution in [3.8, 4) is 11.5 Å². The van der Waals surface area contributed by atoms with Gasteiger partial charge in [-0.05, 0) is 31.5 Å². The minimum Gasteiger partial charge on any atom is -0.493 e. The van der Waals surface area contributed by atoms with Crippen LogP contribution in [0.5, 0.6) is 11.5 Å². The minimum absolute atomic E-state index is 0.0370. The first-order chi connectivity index (χ1) is 7.99. The Labute approximate surface area is 111 Å². The molecule has 0 bridgehead atoms. The number of hydrogen-bond donors (Lipinski definition) is 1. The molecule has 1 aromatic carbocycles. The summed E-state index contributed by atoms with van der Waals surface area (Å²) < 4.78 is 11.4. The highest BCUT2D eigenvalue weighted by Gasteiger charge is 2.08. The van der Waals surface area contributed by atoms with Gasteiger partial charge in [-0.1, -0.05) is 27.6 Å². The zero-order valence-corrected chi connectivity index (χ0v) is 12.2. The Hall–Kier alpha value is -1.00. The van der Waals surface area contributed by atoms with Crippen LogP contribution >= 0.6 is 15.9 Å². The number of rotatable bonds is 4. The van der Waals surface area contributed by atoms with Crippen molar-refractivity contribution in [2.45, 2.75) is 19.9 Å². The van der Waals surface area contributed by atoms with Gasteiger partial charge < -0.3 is 15.2 Å². The molecular formula is C13H18BrNO2. The van der Waals surface area contributed by atoms with E-state index >= 15 is 0 Å². The zero-order valence-electron chi connectivity index (χ0n) is 10.6. The van der Waals surface area contributed by atoms with Crippen molar-refractivity contribution >= 4 is 22.0 Å². The number of methoxy groups -OCH3 is 2. The molecule has 4 heteroatoms. The van der Waals surface area contributed by atoms with Gasteiger partial charge in [0.15, 0.2) is 11.5 Å². The second-order valence-electron chi connectivity index (χ2n) is 3.91. The average molecular weight is 300 g/mol. The summed E-state index contributed by atoms with van der Waals surface area (Å²) in [5.41, 5.74) is 7.96. The van der Waals surface area contributed by atoms with Crippen molar-refractivity contribution in [3.05, 3.63) is 27.7 Å². The first-order valence-corrected chi connectivity index (χ1v) is 6.14. The third kappa shape index (κ3) is 3.48. The minimum atomic E-state index is 0.0370. The van der Waals surface area contributed by atoms with Crippen molar-refractivity contribution in [1.82, 2.24) is 0 Å². The molecular weight excluding hydrogens is 282 g/mol. The standard InChI is InChI=1S/C13H18BrNO2/c1-8(9(2)15)5-10-6-12(16-3)13(17-4)7-11(10)14/h5-7,9H,15H2,1-4H3/b8-5-. The van der Waals surface area contributed by atoms with Crippen LogP contribution in [0.4, 0.5) is 0 Å². The summed E-state index contributed by atoms with van der Waals surface area (Å²) in [6.45, 7) is 3.97. The lowest BCUT2D eigenvalue weighted by molar-refractivity contribution is 0.354. The maximum atomic E-state index is 5.82. The molecule has 1 rings (SSSR count). The van der Waals surface area contributed by atoms with E-state index in [1.54, 1.807) is 14.2 Å². The van der Waals surface area contributed by atoms with E-state index in [0.29, 0.717) is 11.5 Å². The van der Waals surface area contributed by atoms with Crippen LogP contribution < -0.4 is 15.2 Å². The van der Waals surface area contributed by atoms with E-state index in [1.807, 2.05) is 32.1 Å². The van der Waals surface area contributed by atoms with Gasteiger partial charge in [-0.15, -0.1) is 0 Å². The molecule has 0 spiro atoms. The molecule has 94 valence electrons. The van der Waals surface area contributed by atoms with Crippen LogP contribution in [0.1, 0.15) is 19.4 Å². The highest BCUT2D eigenvalue weighted by atomic mass is 79.9. The molecule has 0 aliphatic heterocycles. The molecule has 0 aromatic heterocycles. The SMILES string of the molecule is COc1cc(Br)c(/C=C(/C)C(C)N)cc1OC. The van der Waals surface area contributed by atoms with Crippen LogP contribution in [0, 0.1) is 0 Å². The van der Waals surface area contributed by atoms with Gasteiger partial charge in [-0.2, -0.15) is 0 Å². The fourth-order valence-corrected chi connectivity index (χ4v) is 1.79. The molecule has 0 heterocycles. The third-order valence-corrected chi connectivity index (χ3v) is 3.29. The topological polar surface area (TPSA) is 44.5 Å². The summed E-state index contributed by atoms with van der Waals surface area (Å²) in [7, 11) is 3.24. The molecule has 17 heavy (non-hydrogen) atoms. The second kappa shape index (κ2) is 6.07. The van der Waals surface area contributed by atoms with Crippen molar-refractivity contribution < 1.29 is 9.47 Å². The lowest BCUT2D eigenvalue weighted by Gasteiger charge is -2.11. The number of halogens is 1. The smallest absolute Gasteiger partial charge is 0.161 e. The lowest BCUT2D eigenvalue weighted by Crippen LogP contribution is -2.15. The lowest BCUT2D eigenvalue weighted by atomic mass is 10.1. The summed E-state index contributed by atoms with van der Waals surface area (Å²) in [6, 6.07) is 3.85. The quantitative estimate of drug-likeness (QED) is 0.928. The van der Waals surface area contributed by atoms with Gasteiger partial charge in [0.2, 0.25) is 0 Å². The Kier molecular flexibility index (Phi) is 5.02. The number of ether oxygens (including phenoxy) is 2. The fraction of sp³-hybridized carbons (Fsp3) is 0.385. The van der Waals surface area contributed by atoms with E-state index < -0.39 is 0 Å². The van der Waals surface area contributed by atoms with Crippen molar-refractivity contribution in [2.24, 2.45) is 5.73 Å². The largest absolute Gasteiger partial charge is 0.493 e. The van der Waals surface area contributed by atoms with E-state index in [4.69, 9.17) is 15.2 Å². The highest BCUT2D eigenvalue weighted by Crippen LogP contribution is 2.34. The Morgan fingerprint density at radius 1 is 1.29 bits per heavy atom. The second-order valence-corrected chi connectivity index (χ2v) is 4.76. The molecule has 0 amide bonds. The van der Waals surface area contributed by atoms with Gasteiger partial charge in [0, 0.05) is 10.5 Å². The number of benzene rings is 1. The molecule has 0 aliphatic carbocycles. The Morgan fingerprint density at radius 3 is 2.29 bits per heavy atom. The molecule has 1 atom stereocenters. The predicted molar refractivity (Wildman–Crippen MR) is 74.5 cm³/mol. The molecule has 2 N–H and O–H groups in total. The highest BCUT2D eigenvalue weighted by molar-refractivity contribution is 9.10. The van der Waals surface area contributed by atoms with E-state index in [0.717, 1.165) is 15.6 Å². The van der Waals surface area contributed by atoms with Crippen LogP contribution in [0.15, 0.2) is 22.2 Å².